The minimum atomic E-state index is -0.192. The topological polar surface area (TPSA) is 87.5 Å². The second-order valence-electron chi connectivity index (χ2n) is 7.71. The van der Waals surface area contributed by atoms with E-state index in [2.05, 4.69) is 34.4 Å². The highest BCUT2D eigenvalue weighted by Gasteiger charge is 2.24. The Labute approximate surface area is 168 Å². The van der Waals surface area contributed by atoms with Crippen molar-refractivity contribution in [3.8, 4) is 0 Å². The molecule has 1 amide bonds. The van der Waals surface area contributed by atoms with Gasteiger partial charge in [-0.2, -0.15) is 0 Å². The van der Waals surface area contributed by atoms with Gasteiger partial charge in [0.1, 0.15) is 11.3 Å². The Morgan fingerprint density at radius 3 is 2.62 bits per heavy atom. The third-order valence-corrected chi connectivity index (χ3v) is 5.42. The average Bonchev–Trinajstić information content (AvgIpc) is 3.11. The number of nitrogens with zero attached hydrogens (tertiary/aromatic N) is 5. The van der Waals surface area contributed by atoms with Gasteiger partial charge in [-0.1, -0.05) is 12.1 Å². The molecule has 1 fully saturated rings. The molecule has 8 nitrogen and oxygen atoms in total. The number of rotatable bonds is 2. The van der Waals surface area contributed by atoms with E-state index >= 15 is 0 Å². The van der Waals surface area contributed by atoms with Gasteiger partial charge in [0.2, 0.25) is 0 Å². The number of imidazole rings is 1. The molecule has 2 N–H and O–H groups in total. The lowest BCUT2D eigenvalue weighted by molar-refractivity contribution is 0.0964. The summed E-state index contributed by atoms with van der Waals surface area (Å²) in [5.41, 5.74) is 4.18. The van der Waals surface area contributed by atoms with E-state index in [-0.39, 0.29) is 5.91 Å². The van der Waals surface area contributed by atoms with Crippen molar-refractivity contribution in [1.29, 1.82) is 0 Å². The first kappa shape index (κ1) is 17.8. The Kier molecular flexibility index (Phi) is 4.09. The smallest absolute Gasteiger partial charge is 0.254 e. The van der Waals surface area contributed by atoms with Gasteiger partial charge < -0.3 is 15.5 Å². The van der Waals surface area contributed by atoms with Gasteiger partial charge >= 0.3 is 0 Å². The lowest BCUT2D eigenvalue weighted by Crippen LogP contribution is -2.54. The first-order valence-electron chi connectivity index (χ1n) is 9.85. The van der Waals surface area contributed by atoms with Crippen LogP contribution in [0.2, 0.25) is 0 Å². The molecule has 3 aromatic heterocycles. The molecule has 8 heteroatoms. The Bertz CT molecular complexity index is 1240. The molecule has 0 aliphatic carbocycles. The van der Waals surface area contributed by atoms with Gasteiger partial charge in [0, 0.05) is 32.2 Å². The van der Waals surface area contributed by atoms with Gasteiger partial charge in [-0.25, -0.2) is 15.0 Å². The van der Waals surface area contributed by atoms with Crippen LogP contribution in [0.25, 0.3) is 27.8 Å². The van der Waals surface area contributed by atoms with E-state index in [1.165, 1.54) is 0 Å². The van der Waals surface area contributed by atoms with E-state index in [0.29, 0.717) is 34.5 Å². The first-order valence-corrected chi connectivity index (χ1v) is 9.85. The number of fused-ring (bicyclic) bond motifs is 5. The molecule has 4 aromatic rings. The van der Waals surface area contributed by atoms with Crippen molar-refractivity contribution in [3.05, 3.63) is 42.1 Å². The van der Waals surface area contributed by atoms with Gasteiger partial charge in [-0.15, -0.1) is 0 Å². The van der Waals surface area contributed by atoms with Crippen LogP contribution in [0, 0.1) is 0 Å². The number of carbonyl (C=O) groups is 1. The second-order valence-corrected chi connectivity index (χ2v) is 7.71. The summed E-state index contributed by atoms with van der Waals surface area (Å²) in [5.74, 6) is 0.646. The number of amides is 1. The van der Waals surface area contributed by atoms with E-state index in [4.69, 9.17) is 9.97 Å². The fourth-order valence-corrected chi connectivity index (χ4v) is 4.24. The molecule has 0 bridgehead atoms. The zero-order valence-electron chi connectivity index (χ0n) is 16.7. The van der Waals surface area contributed by atoms with Crippen LogP contribution >= 0.6 is 0 Å². The number of hydrogen-bond donors (Lipinski definition) is 2. The Morgan fingerprint density at radius 1 is 1.10 bits per heavy atom. The summed E-state index contributed by atoms with van der Waals surface area (Å²) >= 11 is 0. The van der Waals surface area contributed by atoms with Crippen molar-refractivity contribution in [1.82, 2.24) is 30.0 Å². The summed E-state index contributed by atoms with van der Waals surface area (Å²) < 4.78 is 1.95. The Morgan fingerprint density at radius 2 is 1.86 bits per heavy atom. The summed E-state index contributed by atoms with van der Waals surface area (Å²) in [6, 6.07) is 10.4. The van der Waals surface area contributed by atoms with Crippen LogP contribution in [0.4, 0.5) is 5.82 Å². The fraction of sp³-hybridized carbons (Fsp3) is 0.333. The minimum Gasteiger partial charge on any atom is -0.355 e. The van der Waals surface area contributed by atoms with Crippen LogP contribution in [0.3, 0.4) is 0 Å². The largest absolute Gasteiger partial charge is 0.355 e. The number of piperazine rings is 1. The highest BCUT2D eigenvalue weighted by atomic mass is 16.1. The van der Waals surface area contributed by atoms with Crippen molar-refractivity contribution in [2.45, 2.75) is 25.9 Å². The molecular formula is C21H23N7O. The van der Waals surface area contributed by atoms with Crippen LogP contribution in [0.1, 0.15) is 24.2 Å². The SMILES string of the molecule is CNC(=O)c1cc2ncc(N3C[C@@H](C)N[C@@H](C)C3)nc2n2c1nc1ccccc12. The van der Waals surface area contributed by atoms with Crippen molar-refractivity contribution < 1.29 is 4.79 Å². The number of anilines is 1. The van der Waals surface area contributed by atoms with Crippen LogP contribution < -0.4 is 15.5 Å². The lowest BCUT2D eigenvalue weighted by Gasteiger charge is -2.36. The summed E-state index contributed by atoms with van der Waals surface area (Å²) in [6.45, 7) is 6.09. The number of pyridine rings is 1. The quantitative estimate of drug-likeness (QED) is 0.545. The van der Waals surface area contributed by atoms with Gasteiger partial charge in [0.15, 0.2) is 11.3 Å². The molecule has 1 aromatic carbocycles. The lowest BCUT2D eigenvalue weighted by atomic mass is 10.1. The van der Waals surface area contributed by atoms with Crippen LogP contribution in [-0.4, -0.2) is 57.5 Å². The van der Waals surface area contributed by atoms with Crippen LogP contribution in [0.15, 0.2) is 36.5 Å². The molecule has 0 saturated carbocycles. The third-order valence-electron chi connectivity index (χ3n) is 5.42. The summed E-state index contributed by atoms with van der Waals surface area (Å²) in [4.78, 5) is 29.1. The number of hydrogen-bond acceptors (Lipinski definition) is 6. The zero-order chi connectivity index (χ0) is 20.1. The maximum absolute atomic E-state index is 12.5. The molecule has 5 rings (SSSR count). The Balaban J connectivity index is 1.79. The molecule has 29 heavy (non-hydrogen) atoms. The molecule has 1 saturated heterocycles. The summed E-state index contributed by atoms with van der Waals surface area (Å²) in [6.07, 6.45) is 1.80. The molecule has 0 unspecified atom stereocenters. The van der Waals surface area contributed by atoms with E-state index in [9.17, 15) is 4.79 Å². The highest BCUT2D eigenvalue weighted by Crippen LogP contribution is 2.26. The van der Waals surface area contributed by atoms with E-state index < -0.39 is 0 Å². The van der Waals surface area contributed by atoms with Gasteiger partial charge in [-0.3, -0.25) is 9.20 Å². The number of nitrogens with one attached hydrogen (secondary N) is 2. The monoisotopic (exact) mass is 389 g/mol. The molecule has 1 aliphatic rings. The molecule has 4 heterocycles. The maximum atomic E-state index is 12.5. The molecule has 2 atom stereocenters. The minimum absolute atomic E-state index is 0.192. The maximum Gasteiger partial charge on any atom is 0.254 e. The van der Waals surface area contributed by atoms with Crippen molar-refractivity contribution in [2.75, 3.05) is 25.0 Å². The molecular weight excluding hydrogens is 366 g/mol. The normalized spacial score (nSPS) is 19.9. The van der Waals surface area contributed by atoms with Gasteiger partial charge in [0.05, 0.1) is 22.8 Å². The third kappa shape index (κ3) is 2.87. The predicted molar refractivity (Wildman–Crippen MR) is 113 cm³/mol. The van der Waals surface area contributed by atoms with E-state index in [1.54, 1.807) is 19.3 Å². The molecule has 0 radical (unpaired) electrons. The molecule has 1 aliphatic heterocycles. The van der Waals surface area contributed by atoms with Crippen molar-refractivity contribution in [3.63, 3.8) is 0 Å². The molecule has 148 valence electrons. The zero-order valence-corrected chi connectivity index (χ0v) is 16.7. The number of carbonyl (C=O) groups excluding carboxylic acids is 1. The van der Waals surface area contributed by atoms with Crippen LogP contribution in [-0.2, 0) is 0 Å². The fourth-order valence-electron chi connectivity index (χ4n) is 4.24. The summed E-state index contributed by atoms with van der Waals surface area (Å²) in [5, 5.41) is 6.24. The highest BCUT2D eigenvalue weighted by molar-refractivity contribution is 6.04. The van der Waals surface area contributed by atoms with Crippen molar-refractivity contribution >= 4 is 39.6 Å². The van der Waals surface area contributed by atoms with E-state index in [1.807, 2.05) is 28.7 Å². The van der Waals surface area contributed by atoms with Crippen molar-refractivity contribution in [2.24, 2.45) is 0 Å². The standard InChI is InChI=1S/C21H23N7O/c1-12-10-27(11-13(2)24-12)18-9-23-16-8-14(21(29)22-3)19-25-15-6-4-5-7-17(15)28(19)20(16)26-18/h4-9,12-13,24H,10-11H2,1-3H3,(H,22,29)/t12-,13+. The van der Waals surface area contributed by atoms with Crippen LogP contribution in [0.5, 0.6) is 0 Å². The number of aromatic nitrogens is 4. The Hall–Kier alpha value is -3.26. The van der Waals surface area contributed by atoms with Gasteiger partial charge in [0.25, 0.3) is 5.91 Å². The number of para-hydroxylation sites is 2. The predicted octanol–water partition coefficient (Wildman–Crippen LogP) is 1.98. The molecule has 0 spiro atoms. The van der Waals surface area contributed by atoms with Gasteiger partial charge in [-0.05, 0) is 32.0 Å². The van der Waals surface area contributed by atoms with E-state index in [0.717, 1.165) is 29.9 Å². The number of benzene rings is 1. The first-order chi connectivity index (χ1) is 14.0. The average molecular weight is 389 g/mol. The second kappa shape index (κ2) is 6.66. The summed E-state index contributed by atoms with van der Waals surface area (Å²) in [7, 11) is 1.62.